The van der Waals surface area contributed by atoms with Gasteiger partial charge in [-0.3, -0.25) is 4.79 Å². The van der Waals surface area contributed by atoms with Crippen LogP contribution in [-0.4, -0.2) is 26.7 Å². The predicted octanol–water partition coefficient (Wildman–Crippen LogP) is 2.72. The Balaban J connectivity index is 2.24. The standard InChI is InChI=1S/C16H22O4S/c1-20-16(17)15(14-10-6-3-7-11-14)21(18,19)12-13-8-4-2-5-9-13/h2,4-5,8-9,14-15H,3,6-7,10-12H2,1H3. The molecular weight excluding hydrogens is 288 g/mol. The molecule has 0 saturated heterocycles. The molecule has 1 aliphatic rings. The first-order valence-corrected chi connectivity index (χ1v) is 9.09. The minimum absolute atomic E-state index is 0.107. The smallest absolute Gasteiger partial charge is 0.324 e. The van der Waals surface area contributed by atoms with Crippen LogP contribution in [0.3, 0.4) is 0 Å². The number of hydrogen-bond acceptors (Lipinski definition) is 4. The van der Waals surface area contributed by atoms with Crippen molar-refractivity contribution in [2.75, 3.05) is 7.11 Å². The Kier molecular flexibility index (Phi) is 5.39. The van der Waals surface area contributed by atoms with E-state index < -0.39 is 21.1 Å². The molecule has 0 radical (unpaired) electrons. The number of hydrogen-bond donors (Lipinski definition) is 0. The molecule has 1 aromatic rings. The van der Waals surface area contributed by atoms with E-state index in [9.17, 15) is 13.2 Å². The molecule has 1 aromatic carbocycles. The molecule has 1 fully saturated rings. The number of rotatable bonds is 5. The van der Waals surface area contributed by atoms with Gasteiger partial charge in [-0.2, -0.15) is 0 Å². The lowest BCUT2D eigenvalue weighted by Crippen LogP contribution is -2.40. The van der Waals surface area contributed by atoms with Gasteiger partial charge in [0.15, 0.2) is 15.1 Å². The Morgan fingerprint density at radius 3 is 2.38 bits per heavy atom. The summed E-state index contributed by atoms with van der Waals surface area (Å²) in [5.74, 6) is -0.831. The van der Waals surface area contributed by atoms with E-state index >= 15 is 0 Å². The maximum Gasteiger partial charge on any atom is 0.324 e. The number of carbonyl (C=O) groups excluding carboxylic acids is 1. The van der Waals surface area contributed by atoms with Crippen LogP contribution in [-0.2, 0) is 25.1 Å². The first-order chi connectivity index (χ1) is 10.0. The van der Waals surface area contributed by atoms with Crippen LogP contribution in [0.15, 0.2) is 30.3 Å². The van der Waals surface area contributed by atoms with E-state index in [4.69, 9.17) is 4.74 Å². The summed E-state index contributed by atoms with van der Waals surface area (Å²) in [5.41, 5.74) is 0.710. The van der Waals surface area contributed by atoms with Crippen LogP contribution in [0.5, 0.6) is 0 Å². The zero-order valence-electron chi connectivity index (χ0n) is 12.3. The van der Waals surface area contributed by atoms with Gasteiger partial charge in [-0.25, -0.2) is 8.42 Å². The van der Waals surface area contributed by atoms with E-state index in [0.717, 1.165) is 32.1 Å². The van der Waals surface area contributed by atoms with Gasteiger partial charge in [-0.1, -0.05) is 49.6 Å². The van der Waals surface area contributed by atoms with Gasteiger partial charge in [0.05, 0.1) is 12.9 Å². The molecule has 0 aromatic heterocycles. The topological polar surface area (TPSA) is 60.4 Å². The summed E-state index contributed by atoms with van der Waals surface area (Å²) in [4.78, 5) is 12.0. The molecule has 0 aliphatic heterocycles. The number of ether oxygens (including phenoxy) is 1. The summed E-state index contributed by atoms with van der Waals surface area (Å²) in [7, 11) is -2.30. The van der Waals surface area contributed by atoms with Crippen LogP contribution in [0.2, 0.25) is 0 Å². The lowest BCUT2D eigenvalue weighted by molar-refractivity contribution is -0.141. The molecule has 1 unspecified atom stereocenters. The van der Waals surface area contributed by atoms with Crippen LogP contribution in [0.4, 0.5) is 0 Å². The lowest BCUT2D eigenvalue weighted by atomic mass is 9.87. The number of esters is 1. The van der Waals surface area contributed by atoms with Crippen molar-refractivity contribution in [1.29, 1.82) is 0 Å². The summed E-state index contributed by atoms with van der Waals surface area (Å²) < 4.78 is 30.2. The molecule has 1 atom stereocenters. The second-order valence-corrected chi connectivity index (χ2v) is 7.76. The zero-order chi connectivity index (χ0) is 15.3. The van der Waals surface area contributed by atoms with Crippen molar-refractivity contribution < 1.29 is 17.9 Å². The highest BCUT2D eigenvalue weighted by molar-refractivity contribution is 7.92. The predicted molar refractivity (Wildman–Crippen MR) is 81.4 cm³/mol. The Hall–Kier alpha value is -1.36. The van der Waals surface area contributed by atoms with Crippen molar-refractivity contribution in [3.8, 4) is 0 Å². The maximum atomic E-state index is 12.7. The summed E-state index contributed by atoms with van der Waals surface area (Å²) in [6, 6.07) is 8.99. The molecule has 0 heterocycles. The second-order valence-electron chi connectivity index (χ2n) is 5.63. The van der Waals surface area contributed by atoms with E-state index in [-0.39, 0.29) is 11.7 Å². The first kappa shape index (κ1) is 16.0. The van der Waals surface area contributed by atoms with Crippen LogP contribution in [0.25, 0.3) is 0 Å². The number of sulfone groups is 1. The molecule has 1 saturated carbocycles. The number of carbonyl (C=O) groups is 1. The third-order valence-electron chi connectivity index (χ3n) is 4.11. The summed E-state index contributed by atoms with van der Waals surface area (Å²) in [6.45, 7) is 0. The quantitative estimate of drug-likeness (QED) is 0.785. The summed E-state index contributed by atoms with van der Waals surface area (Å²) in [5, 5.41) is -1.02. The van der Waals surface area contributed by atoms with Gasteiger partial charge in [0, 0.05) is 0 Å². The van der Waals surface area contributed by atoms with Crippen molar-refractivity contribution in [2.24, 2.45) is 5.92 Å². The van der Waals surface area contributed by atoms with Crippen molar-refractivity contribution >= 4 is 15.8 Å². The highest BCUT2D eigenvalue weighted by Gasteiger charge is 2.40. The monoisotopic (exact) mass is 310 g/mol. The van der Waals surface area contributed by atoms with Crippen LogP contribution in [0.1, 0.15) is 37.7 Å². The van der Waals surface area contributed by atoms with Gasteiger partial charge in [0.1, 0.15) is 0 Å². The molecule has 0 bridgehead atoms. The van der Waals surface area contributed by atoms with Crippen molar-refractivity contribution in [1.82, 2.24) is 0 Å². The summed E-state index contributed by atoms with van der Waals surface area (Å²) >= 11 is 0. The van der Waals surface area contributed by atoms with Crippen molar-refractivity contribution in [3.63, 3.8) is 0 Å². The molecule has 0 spiro atoms. The fourth-order valence-corrected chi connectivity index (χ4v) is 5.17. The molecular formula is C16H22O4S. The number of methoxy groups -OCH3 is 1. The maximum absolute atomic E-state index is 12.7. The molecule has 1 aliphatic carbocycles. The number of benzene rings is 1. The van der Waals surface area contributed by atoms with Crippen molar-refractivity contribution in [2.45, 2.75) is 43.1 Å². The third kappa shape index (κ3) is 4.06. The molecule has 2 rings (SSSR count). The molecule has 116 valence electrons. The van der Waals surface area contributed by atoms with E-state index in [2.05, 4.69) is 0 Å². The molecule has 0 amide bonds. The van der Waals surface area contributed by atoms with E-state index in [1.54, 1.807) is 24.3 Å². The summed E-state index contributed by atoms with van der Waals surface area (Å²) in [6.07, 6.45) is 4.66. The second kappa shape index (κ2) is 7.07. The van der Waals surface area contributed by atoms with Crippen LogP contribution < -0.4 is 0 Å². The molecule has 21 heavy (non-hydrogen) atoms. The molecule has 0 N–H and O–H groups in total. The van der Waals surface area contributed by atoms with Gasteiger partial charge in [-0.05, 0) is 24.3 Å². The van der Waals surface area contributed by atoms with Crippen LogP contribution >= 0.6 is 0 Å². The fourth-order valence-electron chi connectivity index (χ4n) is 3.08. The first-order valence-electron chi connectivity index (χ1n) is 7.38. The van der Waals surface area contributed by atoms with E-state index in [0.29, 0.717) is 5.56 Å². The highest BCUT2D eigenvalue weighted by atomic mass is 32.2. The van der Waals surface area contributed by atoms with Gasteiger partial charge >= 0.3 is 5.97 Å². The highest BCUT2D eigenvalue weighted by Crippen LogP contribution is 2.31. The molecule has 5 heteroatoms. The Morgan fingerprint density at radius 1 is 1.19 bits per heavy atom. The van der Waals surface area contributed by atoms with E-state index in [1.165, 1.54) is 7.11 Å². The Labute approximate surface area is 126 Å². The normalized spacial score (nSPS) is 18.1. The van der Waals surface area contributed by atoms with Crippen LogP contribution in [0, 0.1) is 5.92 Å². The van der Waals surface area contributed by atoms with Gasteiger partial charge in [0.25, 0.3) is 0 Å². The zero-order valence-corrected chi connectivity index (χ0v) is 13.1. The Bertz CT molecular complexity index is 559. The van der Waals surface area contributed by atoms with Crippen molar-refractivity contribution in [3.05, 3.63) is 35.9 Å². The largest absolute Gasteiger partial charge is 0.468 e. The van der Waals surface area contributed by atoms with Gasteiger partial charge in [0.2, 0.25) is 0 Å². The SMILES string of the molecule is COC(=O)C(C1CCCCC1)S(=O)(=O)Cc1ccccc1. The third-order valence-corrected chi connectivity index (χ3v) is 6.20. The molecule has 4 nitrogen and oxygen atoms in total. The lowest BCUT2D eigenvalue weighted by Gasteiger charge is -2.28. The minimum Gasteiger partial charge on any atom is -0.468 e. The average molecular weight is 310 g/mol. The Morgan fingerprint density at radius 2 is 1.81 bits per heavy atom. The van der Waals surface area contributed by atoms with E-state index in [1.807, 2.05) is 6.07 Å². The fraction of sp³-hybridized carbons (Fsp3) is 0.562. The average Bonchev–Trinajstić information content (AvgIpc) is 2.48. The minimum atomic E-state index is -3.56. The van der Waals surface area contributed by atoms with Gasteiger partial charge in [-0.15, -0.1) is 0 Å². The van der Waals surface area contributed by atoms with Gasteiger partial charge < -0.3 is 4.74 Å².